The summed E-state index contributed by atoms with van der Waals surface area (Å²) in [5.74, 6) is 0. The summed E-state index contributed by atoms with van der Waals surface area (Å²) in [6.45, 7) is 7.16. The van der Waals surface area contributed by atoms with Crippen molar-refractivity contribution < 1.29 is 4.79 Å². The predicted molar refractivity (Wildman–Crippen MR) is 46.4 cm³/mol. The van der Waals surface area contributed by atoms with Crippen LogP contribution < -0.4 is 5.32 Å². The molecule has 11 heavy (non-hydrogen) atoms. The molecule has 0 aromatic heterocycles. The first-order valence-electron chi connectivity index (χ1n) is 3.97. The number of likely N-dealkylation sites (N-methyl/N-ethyl adjacent to an activating group) is 1. The molecular weight excluding hydrogens is 140 g/mol. The molecule has 0 aromatic carbocycles. The topological polar surface area (TPSA) is 32.3 Å². The monoisotopic (exact) mass is 158 g/mol. The number of hydrogen-bond acceptors (Lipinski definition) is 2. The molecule has 0 spiro atoms. The van der Waals surface area contributed by atoms with Crippen LogP contribution in [0.2, 0.25) is 0 Å². The normalized spacial score (nSPS) is 13.6. The Labute approximate surface area is 68.8 Å². The Bertz CT molecular complexity index is 115. The van der Waals surface area contributed by atoms with Gasteiger partial charge in [-0.2, -0.15) is 0 Å². The maximum Gasteiger partial charge on any atom is 0.207 e. The van der Waals surface area contributed by atoms with E-state index in [0.717, 1.165) is 13.0 Å². The van der Waals surface area contributed by atoms with Crippen molar-refractivity contribution in [2.45, 2.75) is 32.9 Å². The Balaban J connectivity index is 3.56. The van der Waals surface area contributed by atoms with Gasteiger partial charge in [0.25, 0.3) is 0 Å². The zero-order valence-electron chi connectivity index (χ0n) is 7.79. The quantitative estimate of drug-likeness (QED) is 0.590. The van der Waals surface area contributed by atoms with E-state index >= 15 is 0 Å². The van der Waals surface area contributed by atoms with Gasteiger partial charge >= 0.3 is 0 Å². The number of carbonyl (C=O) groups excluding carboxylic acids is 1. The fourth-order valence-electron chi connectivity index (χ4n) is 0.812. The lowest BCUT2D eigenvalue weighted by Gasteiger charge is -2.24. The highest BCUT2D eigenvalue weighted by atomic mass is 16.1. The Hall–Kier alpha value is -0.570. The van der Waals surface area contributed by atoms with Crippen LogP contribution in [0, 0.1) is 0 Å². The Morgan fingerprint density at radius 2 is 2.00 bits per heavy atom. The van der Waals surface area contributed by atoms with Crippen molar-refractivity contribution in [2.75, 3.05) is 13.6 Å². The van der Waals surface area contributed by atoms with Crippen LogP contribution >= 0.6 is 0 Å². The Kier molecular flexibility index (Phi) is 4.86. The van der Waals surface area contributed by atoms with Gasteiger partial charge in [-0.3, -0.25) is 4.79 Å². The van der Waals surface area contributed by atoms with E-state index in [0.29, 0.717) is 6.04 Å². The minimum Gasteiger partial charge on any atom is -0.355 e. The summed E-state index contributed by atoms with van der Waals surface area (Å²) in [6.07, 6.45) is 0.749. The lowest BCUT2D eigenvalue weighted by atomic mass is 10.2. The molecule has 66 valence electrons. The van der Waals surface area contributed by atoms with Crippen molar-refractivity contribution in [3.8, 4) is 0 Å². The van der Waals surface area contributed by atoms with Crippen molar-refractivity contribution in [2.24, 2.45) is 0 Å². The average Bonchev–Trinajstić information content (AvgIpc) is 1.87. The Morgan fingerprint density at radius 3 is 2.36 bits per heavy atom. The molecule has 0 aliphatic heterocycles. The van der Waals surface area contributed by atoms with Crippen molar-refractivity contribution >= 4 is 6.41 Å². The van der Waals surface area contributed by atoms with Crippen LogP contribution in [0.5, 0.6) is 0 Å². The van der Waals surface area contributed by atoms with Crippen molar-refractivity contribution in [3.05, 3.63) is 0 Å². The number of rotatable bonds is 5. The first kappa shape index (κ1) is 10.4. The van der Waals surface area contributed by atoms with Gasteiger partial charge in [-0.1, -0.05) is 0 Å². The van der Waals surface area contributed by atoms with Gasteiger partial charge in [0.1, 0.15) is 0 Å². The number of nitrogens with one attached hydrogen (secondary N) is 1. The molecule has 0 heterocycles. The summed E-state index contributed by atoms with van der Waals surface area (Å²) in [6, 6.07) is 0.769. The van der Waals surface area contributed by atoms with Gasteiger partial charge in [0.2, 0.25) is 6.41 Å². The van der Waals surface area contributed by atoms with Crippen LogP contribution in [-0.2, 0) is 4.79 Å². The fraction of sp³-hybridized carbons (Fsp3) is 0.875. The maximum absolute atomic E-state index is 10.0. The van der Waals surface area contributed by atoms with E-state index in [1.807, 2.05) is 14.0 Å². The fourth-order valence-corrected chi connectivity index (χ4v) is 0.812. The van der Waals surface area contributed by atoms with E-state index in [-0.39, 0.29) is 6.04 Å². The molecule has 0 aliphatic rings. The van der Waals surface area contributed by atoms with Crippen molar-refractivity contribution in [1.82, 2.24) is 10.2 Å². The average molecular weight is 158 g/mol. The number of carbonyl (C=O) groups is 1. The van der Waals surface area contributed by atoms with Crippen LogP contribution in [0.4, 0.5) is 0 Å². The van der Waals surface area contributed by atoms with E-state index < -0.39 is 0 Å². The molecule has 1 N–H and O–H groups in total. The standard InChI is InChI=1S/C8H18N2O/c1-7(2)10(4)5-8(3)9-6-11/h6-8H,5H2,1-4H3,(H,9,11). The third-order valence-electron chi connectivity index (χ3n) is 1.80. The van der Waals surface area contributed by atoms with Gasteiger partial charge in [-0.25, -0.2) is 0 Å². The van der Waals surface area contributed by atoms with Gasteiger partial charge in [-0.15, -0.1) is 0 Å². The third kappa shape index (κ3) is 4.79. The van der Waals surface area contributed by atoms with Gasteiger partial charge in [-0.05, 0) is 27.8 Å². The van der Waals surface area contributed by atoms with Crippen molar-refractivity contribution in [3.63, 3.8) is 0 Å². The van der Waals surface area contributed by atoms with Gasteiger partial charge in [0.05, 0.1) is 0 Å². The predicted octanol–water partition coefficient (Wildman–Crippen LogP) is 0.461. The number of amides is 1. The zero-order valence-corrected chi connectivity index (χ0v) is 7.79. The van der Waals surface area contributed by atoms with Crippen LogP contribution in [-0.4, -0.2) is 37.0 Å². The molecule has 0 aliphatic carbocycles. The molecule has 0 rings (SSSR count). The number of hydrogen-bond donors (Lipinski definition) is 1. The summed E-state index contributed by atoms with van der Waals surface area (Å²) < 4.78 is 0. The van der Waals surface area contributed by atoms with Gasteiger partial charge in [0, 0.05) is 18.6 Å². The highest BCUT2D eigenvalue weighted by Gasteiger charge is 2.06. The van der Waals surface area contributed by atoms with E-state index in [9.17, 15) is 4.79 Å². The summed E-state index contributed by atoms with van der Waals surface area (Å²) in [5.41, 5.74) is 0. The first-order valence-corrected chi connectivity index (χ1v) is 3.97. The van der Waals surface area contributed by atoms with E-state index in [4.69, 9.17) is 0 Å². The molecule has 0 aromatic rings. The van der Waals surface area contributed by atoms with Gasteiger partial charge < -0.3 is 10.2 Å². The van der Waals surface area contributed by atoms with Gasteiger partial charge in [0.15, 0.2) is 0 Å². The van der Waals surface area contributed by atoms with Crippen LogP contribution in [0.3, 0.4) is 0 Å². The van der Waals surface area contributed by atoms with Crippen LogP contribution in [0.1, 0.15) is 20.8 Å². The molecule has 1 unspecified atom stereocenters. The molecule has 3 heteroatoms. The lowest BCUT2D eigenvalue weighted by molar-refractivity contribution is -0.110. The molecule has 0 bridgehead atoms. The highest BCUT2D eigenvalue weighted by molar-refractivity contribution is 5.46. The minimum atomic E-state index is 0.236. The Morgan fingerprint density at radius 1 is 1.45 bits per heavy atom. The first-order chi connectivity index (χ1) is 5.07. The number of nitrogens with zero attached hydrogens (tertiary/aromatic N) is 1. The van der Waals surface area contributed by atoms with Crippen LogP contribution in [0.25, 0.3) is 0 Å². The zero-order chi connectivity index (χ0) is 8.85. The maximum atomic E-state index is 10.0. The molecule has 0 saturated heterocycles. The molecule has 0 fully saturated rings. The third-order valence-corrected chi connectivity index (χ3v) is 1.80. The second kappa shape index (κ2) is 5.13. The lowest BCUT2D eigenvalue weighted by Crippen LogP contribution is -2.39. The minimum absolute atomic E-state index is 0.236. The van der Waals surface area contributed by atoms with Crippen molar-refractivity contribution in [1.29, 1.82) is 0 Å². The highest BCUT2D eigenvalue weighted by Crippen LogP contribution is 1.94. The smallest absolute Gasteiger partial charge is 0.207 e. The molecule has 1 amide bonds. The summed E-state index contributed by atoms with van der Waals surface area (Å²) >= 11 is 0. The van der Waals surface area contributed by atoms with Crippen LogP contribution in [0.15, 0.2) is 0 Å². The molecule has 1 atom stereocenters. The molecule has 0 saturated carbocycles. The summed E-state index contributed by atoms with van der Waals surface area (Å²) in [7, 11) is 2.05. The molecular formula is C8H18N2O. The SMILES string of the molecule is CC(CN(C)C(C)C)NC=O. The summed E-state index contributed by atoms with van der Waals surface area (Å²) in [5, 5.41) is 2.71. The molecule has 3 nitrogen and oxygen atoms in total. The summed E-state index contributed by atoms with van der Waals surface area (Å²) in [4.78, 5) is 12.2. The molecule has 0 radical (unpaired) electrons. The van der Waals surface area contributed by atoms with E-state index in [2.05, 4.69) is 24.1 Å². The second-order valence-electron chi connectivity index (χ2n) is 3.22. The largest absolute Gasteiger partial charge is 0.355 e. The van der Waals surface area contributed by atoms with E-state index in [1.165, 1.54) is 0 Å². The second-order valence-corrected chi connectivity index (χ2v) is 3.22. The van der Waals surface area contributed by atoms with E-state index in [1.54, 1.807) is 0 Å².